The summed E-state index contributed by atoms with van der Waals surface area (Å²) >= 11 is 0. The van der Waals surface area contributed by atoms with Crippen LogP contribution in [0.25, 0.3) is 0 Å². The van der Waals surface area contributed by atoms with E-state index in [9.17, 15) is 0 Å². The standard InChI is InChI=1S/C19H21N.2C2H6/c1-15-9-7-8-10-17(15)14-13-16(2)19(20-3)18-11-5-4-6-12-18;2*1-2/h4-13H,14H2,1-3H3;2*1-2H3/b16-13-,20-19?;;. The molecule has 0 heterocycles. The highest BCUT2D eigenvalue weighted by Gasteiger charge is 2.04. The number of allylic oxidation sites excluding steroid dienone is 2. The molecule has 2 aromatic rings. The summed E-state index contributed by atoms with van der Waals surface area (Å²) in [5, 5.41) is 0. The molecule has 130 valence electrons. The van der Waals surface area contributed by atoms with E-state index >= 15 is 0 Å². The number of hydrogen-bond acceptors (Lipinski definition) is 1. The van der Waals surface area contributed by atoms with Crippen molar-refractivity contribution >= 4 is 5.71 Å². The van der Waals surface area contributed by atoms with Crippen molar-refractivity contribution in [2.24, 2.45) is 4.99 Å². The van der Waals surface area contributed by atoms with E-state index in [-0.39, 0.29) is 0 Å². The quantitative estimate of drug-likeness (QED) is 0.558. The maximum atomic E-state index is 4.44. The van der Waals surface area contributed by atoms with Crippen LogP contribution < -0.4 is 0 Å². The van der Waals surface area contributed by atoms with Crippen molar-refractivity contribution in [3.05, 3.63) is 82.9 Å². The van der Waals surface area contributed by atoms with Gasteiger partial charge in [0.05, 0.1) is 5.71 Å². The van der Waals surface area contributed by atoms with E-state index in [1.54, 1.807) is 0 Å². The molecule has 0 radical (unpaired) electrons. The van der Waals surface area contributed by atoms with Gasteiger partial charge in [-0.1, -0.05) is 88.4 Å². The first-order chi connectivity index (χ1) is 11.7. The smallest absolute Gasteiger partial charge is 0.0669 e. The second-order valence-corrected chi connectivity index (χ2v) is 4.96. The lowest BCUT2D eigenvalue weighted by Gasteiger charge is -2.08. The third-order valence-corrected chi connectivity index (χ3v) is 3.53. The van der Waals surface area contributed by atoms with Crippen LogP contribution in [0.5, 0.6) is 0 Å². The minimum absolute atomic E-state index is 0.949. The Morgan fingerprint density at radius 1 is 0.875 bits per heavy atom. The summed E-state index contributed by atoms with van der Waals surface area (Å²) < 4.78 is 0. The molecular formula is C23H33N. The Hall–Kier alpha value is -2.15. The molecule has 0 saturated carbocycles. The third-order valence-electron chi connectivity index (χ3n) is 3.53. The lowest BCUT2D eigenvalue weighted by molar-refractivity contribution is 1.20. The van der Waals surface area contributed by atoms with Gasteiger partial charge >= 0.3 is 0 Å². The van der Waals surface area contributed by atoms with Gasteiger partial charge in [0.1, 0.15) is 0 Å². The Bertz CT molecular complexity index is 621. The first-order valence-electron chi connectivity index (χ1n) is 8.96. The van der Waals surface area contributed by atoms with Crippen molar-refractivity contribution in [2.75, 3.05) is 7.05 Å². The minimum Gasteiger partial charge on any atom is -0.288 e. The fourth-order valence-electron chi connectivity index (χ4n) is 2.33. The Balaban J connectivity index is 0.00000123. The van der Waals surface area contributed by atoms with Gasteiger partial charge in [0, 0.05) is 7.05 Å². The zero-order valence-electron chi connectivity index (χ0n) is 16.4. The summed E-state index contributed by atoms with van der Waals surface area (Å²) in [5.41, 5.74) is 6.18. The Morgan fingerprint density at radius 3 is 1.96 bits per heavy atom. The van der Waals surface area contributed by atoms with Crippen LogP contribution in [0, 0.1) is 6.92 Å². The van der Waals surface area contributed by atoms with Crippen molar-refractivity contribution in [1.82, 2.24) is 0 Å². The largest absolute Gasteiger partial charge is 0.288 e. The summed E-state index contributed by atoms with van der Waals surface area (Å²) in [4.78, 5) is 4.44. The molecular weight excluding hydrogens is 290 g/mol. The molecule has 1 nitrogen and oxygen atoms in total. The van der Waals surface area contributed by atoms with Crippen LogP contribution in [0.3, 0.4) is 0 Å². The molecule has 0 spiro atoms. The maximum absolute atomic E-state index is 4.44. The van der Waals surface area contributed by atoms with E-state index < -0.39 is 0 Å². The number of nitrogens with zero attached hydrogens (tertiary/aromatic N) is 1. The number of benzene rings is 2. The molecule has 0 aliphatic rings. The first-order valence-corrected chi connectivity index (χ1v) is 8.96. The molecule has 0 saturated heterocycles. The van der Waals surface area contributed by atoms with Crippen molar-refractivity contribution in [3.8, 4) is 0 Å². The zero-order valence-corrected chi connectivity index (χ0v) is 16.4. The number of aryl methyl sites for hydroxylation is 1. The minimum atomic E-state index is 0.949. The maximum Gasteiger partial charge on any atom is 0.0669 e. The van der Waals surface area contributed by atoms with E-state index in [0.717, 1.165) is 12.1 Å². The van der Waals surface area contributed by atoms with Gasteiger partial charge in [0.25, 0.3) is 0 Å². The molecule has 24 heavy (non-hydrogen) atoms. The third kappa shape index (κ3) is 6.95. The molecule has 0 fully saturated rings. The lowest BCUT2D eigenvalue weighted by Crippen LogP contribution is -2.03. The second-order valence-electron chi connectivity index (χ2n) is 4.96. The average Bonchev–Trinajstić information content (AvgIpc) is 2.66. The van der Waals surface area contributed by atoms with E-state index in [1.807, 2.05) is 40.8 Å². The molecule has 0 amide bonds. The summed E-state index contributed by atoms with van der Waals surface area (Å²) in [6, 6.07) is 18.9. The molecule has 0 N–H and O–H groups in total. The molecule has 1 heteroatoms. The fourth-order valence-corrected chi connectivity index (χ4v) is 2.33. The van der Waals surface area contributed by atoms with Crippen molar-refractivity contribution in [3.63, 3.8) is 0 Å². The fraction of sp³-hybridized carbons (Fsp3) is 0.348. The summed E-state index contributed by atoms with van der Waals surface area (Å²) in [7, 11) is 1.85. The number of hydrogen-bond donors (Lipinski definition) is 0. The van der Waals surface area contributed by atoms with Crippen molar-refractivity contribution in [1.29, 1.82) is 0 Å². The zero-order chi connectivity index (χ0) is 18.4. The lowest BCUT2D eigenvalue weighted by atomic mass is 10.00. The Morgan fingerprint density at radius 2 is 1.42 bits per heavy atom. The van der Waals surface area contributed by atoms with Gasteiger partial charge in [0.15, 0.2) is 0 Å². The highest BCUT2D eigenvalue weighted by molar-refractivity contribution is 6.12. The normalized spacial score (nSPS) is 11.0. The summed E-state index contributed by atoms with van der Waals surface area (Å²) in [6.07, 6.45) is 3.21. The van der Waals surface area contributed by atoms with Crippen molar-refractivity contribution in [2.45, 2.75) is 48.0 Å². The van der Waals surface area contributed by atoms with Crippen LogP contribution in [-0.4, -0.2) is 12.8 Å². The molecule has 0 aromatic heterocycles. The molecule has 2 rings (SSSR count). The van der Waals surface area contributed by atoms with Gasteiger partial charge in [0.2, 0.25) is 0 Å². The molecule has 0 aliphatic heterocycles. The molecule has 0 unspecified atom stereocenters. The van der Waals surface area contributed by atoms with Crippen LogP contribution in [0.15, 0.2) is 71.2 Å². The number of rotatable bonds is 4. The van der Waals surface area contributed by atoms with Gasteiger partial charge in [-0.15, -0.1) is 0 Å². The van der Waals surface area contributed by atoms with Crippen LogP contribution in [0.1, 0.15) is 51.3 Å². The van der Waals surface area contributed by atoms with Gasteiger partial charge in [-0.3, -0.25) is 4.99 Å². The predicted molar refractivity (Wildman–Crippen MR) is 110 cm³/mol. The summed E-state index contributed by atoms with van der Waals surface area (Å²) in [6.45, 7) is 12.3. The monoisotopic (exact) mass is 323 g/mol. The van der Waals surface area contributed by atoms with Crippen LogP contribution in [0.2, 0.25) is 0 Å². The van der Waals surface area contributed by atoms with Crippen LogP contribution >= 0.6 is 0 Å². The van der Waals surface area contributed by atoms with Gasteiger partial charge in [-0.25, -0.2) is 0 Å². The molecule has 0 bridgehead atoms. The van der Waals surface area contributed by atoms with Crippen LogP contribution in [0.4, 0.5) is 0 Å². The van der Waals surface area contributed by atoms with E-state index in [1.165, 1.54) is 22.3 Å². The van der Waals surface area contributed by atoms with E-state index in [0.29, 0.717) is 0 Å². The second kappa shape index (κ2) is 13.3. The van der Waals surface area contributed by atoms with E-state index in [4.69, 9.17) is 0 Å². The molecule has 0 atom stereocenters. The summed E-state index contributed by atoms with van der Waals surface area (Å²) in [5.74, 6) is 0. The van der Waals surface area contributed by atoms with E-state index in [2.05, 4.69) is 73.4 Å². The number of aliphatic imine (C=N–C) groups is 1. The molecule has 2 aromatic carbocycles. The van der Waals surface area contributed by atoms with Crippen LogP contribution in [-0.2, 0) is 6.42 Å². The van der Waals surface area contributed by atoms with Gasteiger partial charge < -0.3 is 0 Å². The van der Waals surface area contributed by atoms with Gasteiger partial charge in [-0.2, -0.15) is 0 Å². The topological polar surface area (TPSA) is 12.4 Å². The average molecular weight is 324 g/mol. The highest BCUT2D eigenvalue weighted by atomic mass is 14.7. The SMILES string of the molecule is CC.CC.CN=C(/C(C)=C\Cc1ccccc1C)c1ccccc1. The van der Waals surface area contributed by atoms with Crippen molar-refractivity contribution < 1.29 is 0 Å². The molecule has 0 aliphatic carbocycles. The predicted octanol–water partition coefficient (Wildman–Crippen LogP) is 6.66. The van der Waals surface area contributed by atoms with Gasteiger partial charge in [-0.05, 0) is 42.5 Å². The Labute approximate surface area is 149 Å². The Kier molecular flexibility index (Phi) is 12.1. The first kappa shape index (κ1) is 21.9. The highest BCUT2D eigenvalue weighted by Crippen LogP contribution is 2.13.